The van der Waals surface area contributed by atoms with Gasteiger partial charge in [0.1, 0.15) is 16.6 Å². The Morgan fingerprint density at radius 2 is 1.93 bits per heavy atom. The summed E-state index contributed by atoms with van der Waals surface area (Å²) in [5.41, 5.74) is 3.18. The van der Waals surface area contributed by atoms with Crippen molar-refractivity contribution in [1.29, 1.82) is 0 Å². The smallest absolute Gasteiger partial charge is 0.251 e. The molecule has 7 nitrogen and oxygen atoms in total. The minimum Gasteiger partial charge on any atom is -0.488 e. The van der Waals surface area contributed by atoms with Gasteiger partial charge in [0.05, 0.1) is 6.54 Å². The van der Waals surface area contributed by atoms with E-state index in [9.17, 15) is 13.2 Å². The number of thiophene rings is 1. The summed E-state index contributed by atoms with van der Waals surface area (Å²) in [6, 6.07) is 10.4. The largest absolute Gasteiger partial charge is 0.488 e. The van der Waals surface area contributed by atoms with E-state index < -0.39 is 10.0 Å². The minimum atomic E-state index is -3.73. The number of primary sulfonamides is 1. The van der Waals surface area contributed by atoms with Gasteiger partial charge in [-0.15, -0.1) is 11.3 Å². The van der Waals surface area contributed by atoms with E-state index in [2.05, 4.69) is 10.3 Å². The van der Waals surface area contributed by atoms with Crippen LogP contribution in [0.15, 0.2) is 53.0 Å². The standard InChI is InChI=1S/C20H21N3O4S2/c1-13-8-16(9-14(2)19(13)27-12-15-4-3-7-22-10-15)20(24)23-11-17-5-6-18(28-17)29(21,25)26/h3-10H,11-12H2,1-2H3,(H,23,24)(H2,21,25,26). The van der Waals surface area contributed by atoms with Crippen molar-refractivity contribution in [2.45, 2.75) is 31.2 Å². The summed E-state index contributed by atoms with van der Waals surface area (Å²) in [6.45, 7) is 4.39. The third-order valence-electron chi connectivity index (χ3n) is 4.17. The molecule has 2 heterocycles. The van der Waals surface area contributed by atoms with Crippen LogP contribution in [0.4, 0.5) is 0 Å². The lowest BCUT2D eigenvalue weighted by molar-refractivity contribution is 0.0951. The third-order valence-corrected chi connectivity index (χ3v) is 6.69. The quantitative estimate of drug-likeness (QED) is 0.597. The number of carbonyl (C=O) groups is 1. The Morgan fingerprint density at radius 1 is 1.21 bits per heavy atom. The van der Waals surface area contributed by atoms with Crippen LogP contribution in [0.25, 0.3) is 0 Å². The van der Waals surface area contributed by atoms with Gasteiger partial charge in [0.2, 0.25) is 10.0 Å². The summed E-state index contributed by atoms with van der Waals surface area (Å²) in [7, 11) is -3.73. The number of pyridine rings is 1. The van der Waals surface area contributed by atoms with E-state index in [-0.39, 0.29) is 16.7 Å². The summed E-state index contributed by atoms with van der Waals surface area (Å²) < 4.78 is 28.7. The molecular formula is C20H21N3O4S2. The summed E-state index contributed by atoms with van der Waals surface area (Å²) in [6.07, 6.45) is 3.46. The molecule has 2 aromatic heterocycles. The highest BCUT2D eigenvalue weighted by Crippen LogP contribution is 2.26. The van der Waals surface area contributed by atoms with Crippen LogP contribution in [0.2, 0.25) is 0 Å². The second kappa shape index (κ2) is 8.73. The second-order valence-electron chi connectivity index (χ2n) is 6.54. The summed E-state index contributed by atoms with van der Waals surface area (Å²) in [4.78, 5) is 17.3. The number of hydrogen-bond acceptors (Lipinski definition) is 6. The molecule has 3 aromatic rings. The fraction of sp³-hybridized carbons (Fsp3) is 0.200. The van der Waals surface area contributed by atoms with Gasteiger partial charge in [-0.25, -0.2) is 13.6 Å². The number of ether oxygens (including phenoxy) is 1. The number of hydrogen-bond donors (Lipinski definition) is 2. The summed E-state index contributed by atoms with van der Waals surface area (Å²) in [5, 5.41) is 7.90. The molecule has 152 valence electrons. The van der Waals surface area contributed by atoms with Crippen molar-refractivity contribution in [1.82, 2.24) is 10.3 Å². The van der Waals surface area contributed by atoms with Crippen molar-refractivity contribution in [3.05, 3.63) is 75.9 Å². The topological polar surface area (TPSA) is 111 Å². The Hall–Kier alpha value is -2.75. The van der Waals surface area contributed by atoms with E-state index in [0.717, 1.165) is 33.8 Å². The van der Waals surface area contributed by atoms with Crippen LogP contribution in [-0.2, 0) is 23.2 Å². The highest BCUT2D eigenvalue weighted by atomic mass is 32.2. The van der Waals surface area contributed by atoms with Gasteiger partial charge in [-0.2, -0.15) is 0 Å². The van der Waals surface area contributed by atoms with Crippen LogP contribution >= 0.6 is 11.3 Å². The number of nitrogens with two attached hydrogens (primary N) is 1. The van der Waals surface area contributed by atoms with Gasteiger partial charge in [-0.05, 0) is 55.3 Å². The molecule has 0 unspecified atom stereocenters. The van der Waals surface area contributed by atoms with Crippen LogP contribution in [0, 0.1) is 13.8 Å². The molecule has 0 aliphatic rings. The van der Waals surface area contributed by atoms with Crippen LogP contribution in [0.3, 0.4) is 0 Å². The minimum absolute atomic E-state index is 0.0727. The second-order valence-corrected chi connectivity index (χ2v) is 9.49. The Labute approximate surface area is 173 Å². The molecular weight excluding hydrogens is 410 g/mol. The van der Waals surface area contributed by atoms with E-state index in [0.29, 0.717) is 17.0 Å². The molecule has 0 radical (unpaired) electrons. The molecule has 0 spiro atoms. The average Bonchev–Trinajstić information content (AvgIpc) is 3.15. The van der Waals surface area contributed by atoms with Gasteiger partial charge >= 0.3 is 0 Å². The Balaban J connectivity index is 1.66. The monoisotopic (exact) mass is 431 g/mol. The van der Waals surface area contributed by atoms with Crippen molar-refractivity contribution in [2.24, 2.45) is 5.14 Å². The maximum Gasteiger partial charge on any atom is 0.251 e. The first-order valence-electron chi connectivity index (χ1n) is 8.76. The first-order valence-corrected chi connectivity index (χ1v) is 11.1. The number of sulfonamides is 1. The molecule has 3 rings (SSSR count). The molecule has 0 aliphatic heterocycles. The van der Waals surface area contributed by atoms with Gasteiger partial charge in [0.25, 0.3) is 5.91 Å². The SMILES string of the molecule is Cc1cc(C(=O)NCc2ccc(S(N)(=O)=O)s2)cc(C)c1OCc1cccnc1. The van der Waals surface area contributed by atoms with Crippen LogP contribution in [0.1, 0.15) is 31.9 Å². The third kappa shape index (κ3) is 5.41. The molecule has 0 saturated heterocycles. The first kappa shape index (κ1) is 21.0. The molecule has 9 heteroatoms. The lowest BCUT2D eigenvalue weighted by atomic mass is 10.0. The van der Waals surface area contributed by atoms with Gasteiger partial charge < -0.3 is 10.1 Å². The Bertz CT molecular complexity index is 1100. The summed E-state index contributed by atoms with van der Waals surface area (Å²) in [5.74, 6) is 0.488. The first-order chi connectivity index (χ1) is 13.7. The van der Waals surface area contributed by atoms with Crippen LogP contribution in [0.5, 0.6) is 5.75 Å². The zero-order chi connectivity index (χ0) is 21.0. The summed E-state index contributed by atoms with van der Waals surface area (Å²) >= 11 is 1.04. The Kier molecular flexibility index (Phi) is 6.31. The molecule has 0 atom stereocenters. The zero-order valence-corrected chi connectivity index (χ0v) is 17.6. The number of aromatic nitrogens is 1. The maximum absolute atomic E-state index is 12.5. The number of rotatable bonds is 7. The van der Waals surface area contributed by atoms with E-state index in [4.69, 9.17) is 9.88 Å². The predicted octanol–water partition coefficient (Wildman–Crippen LogP) is 2.92. The van der Waals surface area contributed by atoms with Crippen molar-refractivity contribution in [3.8, 4) is 5.75 Å². The number of nitrogens with one attached hydrogen (secondary N) is 1. The highest BCUT2D eigenvalue weighted by Gasteiger charge is 2.14. The number of benzene rings is 1. The predicted molar refractivity (Wildman–Crippen MR) is 111 cm³/mol. The average molecular weight is 432 g/mol. The highest BCUT2D eigenvalue weighted by molar-refractivity contribution is 7.91. The van der Waals surface area contributed by atoms with Gasteiger partial charge in [0.15, 0.2) is 0 Å². The molecule has 0 fully saturated rings. The molecule has 1 aromatic carbocycles. The maximum atomic E-state index is 12.5. The number of aryl methyl sites for hydroxylation is 2. The number of carbonyl (C=O) groups excluding carboxylic acids is 1. The number of nitrogens with zero attached hydrogens (tertiary/aromatic N) is 1. The molecule has 0 bridgehead atoms. The van der Waals surface area contributed by atoms with E-state index >= 15 is 0 Å². The van der Waals surface area contributed by atoms with Crippen LogP contribution < -0.4 is 15.2 Å². The van der Waals surface area contributed by atoms with Crippen LogP contribution in [-0.4, -0.2) is 19.3 Å². The molecule has 0 saturated carbocycles. The lowest BCUT2D eigenvalue weighted by Gasteiger charge is -2.14. The van der Waals surface area contributed by atoms with Crippen molar-refractivity contribution in [2.75, 3.05) is 0 Å². The molecule has 3 N–H and O–H groups in total. The number of amides is 1. The zero-order valence-electron chi connectivity index (χ0n) is 16.0. The Morgan fingerprint density at radius 3 is 2.52 bits per heavy atom. The van der Waals surface area contributed by atoms with E-state index in [1.807, 2.05) is 26.0 Å². The van der Waals surface area contributed by atoms with Gasteiger partial charge in [0, 0.05) is 28.4 Å². The van der Waals surface area contributed by atoms with Gasteiger partial charge in [-0.1, -0.05) is 6.07 Å². The fourth-order valence-corrected chi connectivity index (χ4v) is 4.54. The lowest BCUT2D eigenvalue weighted by Crippen LogP contribution is -2.22. The normalized spacial score (nSPS) is 11.3. The molecule has 1 amide bonds. The van der Waals surface area contributed by atoms with Crippen molar-refractivity contribution >= 4 is 27.3 Å². The van der Waals surface area contributed by atoms with Gasteiger partial charge in [-0.3, -0.25) is 9.78 Å². The fourth-order valence-electron chi connectivity index (χ4n) is 2.82. The van der Waals surface area contributed by atoms with E-state index in [1.54, 1.807) is 30.6 Å². The van der Waals surface area contributed by atoms with Crippen molar-refractivity contribution in [3.63, 3.8) is 0 Å². The molecule has 29 heavy (non-hydrogen) atoms. The van der Waals surface area contributed by atoms with Crippen molar-refractivity contribution < 1.29 is 17.9 Å². The van der Waals surface area contributed by atoms with E-state index in [1.165, 1.54) is 6.07 Å². The molecule has 0 aliphatic carbocycles.